The molecule has 430 valence electrons. The number of carbonyl (C=O) groups is 11. The van der Waals surface area contributed by atoms with Crippen molar-refractivity contribution in [3.8, 4) is 17.2 Å². The van der Waals surface area contributed by atoms with Gasteiger partial charge in [0.05, 0.1) is 32.0 Å². The highest BCUT2D eigenvalue weighted by atomic mass is 16.4. The fraction of sp³-hybridized carbons (Fsp3) is 0.442. The number of carbonyl (C=O) groups excluding carboxylic acids is 8. The molecular formula is C52H69N9O18. The van der Waals surface area contributed by atoms with Gasteiger partial charge in [0.1, 0.15) is 59.5 Å². The van der Waals surface area contributed by atoms with Crippen molar-refractivity contribution in [2.45, 2.75) is 121 Å². The summed E-state index contributed by atoms with van der Waals surface area (Å²) in [7, 11) is 0. The lowest BCUT2D eigenvalue weighted by molar-refractivity contribution is -0.143. The lowest BCUT2D eigenvalue weighted by Gasteiger charge is -2.27. The molecule has 0 saturated carbocycles. The molecule has 0 spiro atoms. The number of aliphatic hydroxyl groups is 1. The molecule has 17 N–H and O–H groups in total. The van der Waals surface area contributed by atoms with Gasteiger partial charge in [-0.15, -0.1) is 0 Å². The molecule has 0 aliphatic rings. The quantitative estimate of drug-likeness (QED) is 0.0315. The van der Waals surface area contributed by atoms with E-state index < -0.39 is 146 Å². The predicted molar refractivity (Wildman–Crippen MR) is 278 cm³/mol. The zero-order chi connectivity index (χ0) is 59.1. The Hall–Kier alpha value is -8.85. The number of nitrogens with two attached hydrogens (primary N) is 1. The monoisotopic (exact) mass is 1110 g/mol. The molecule has 0 aliphatic carbocycles. The molecule has 0 bridgehead atoms. The van der Waals surface area contributed by atoms with Gasteiger partial charge in [0, 0.05) is 19.3 Å². The summed E-state index contributed by atoms with van der Waals surface area (Å²) in [5.74, 6) is -13.7. The zero-order valence-electron chi connectivity index (χ0n) is 43.8. The highest BCUT2D eigenvalue weighted by Gasteiger charge is 2.35. The average molecular weight is 1110 g/mol. The van der Waals surface area contributed by atoms with Gasteiger partial charge >= 0.3 is 17.9 Å². The van der Waals surface area contributed by atoms with E-state index in [2.05, 4.69) is 42.5 Å². The highest BCUT2D eigenvalue weighted by molar-refractivity contribution is 5.99. The Kier molecular flexibility index (Phi) is 25.6. The molecule has 0 saturated heterocycles. The smallest absolute Gasteiger partial charge is 0.326 e. The zero-order valence-corrected chi connectivity index (χ0v) is 43.8. The summed E-state index contributed by atoms with van der Waals surface area (Å²) < 4.78 is 0. The third-order valence-corrected chi connectivity index (χ3v) is 11.7. The van der Waals surface area contributed by atoms with Crippen LogP contribution in [0.1, 0.15) is 70.1 Å². The second-order valence-corrected chi connectivity index (χ2v) is 19.4. The number of hydrogen-bond donors (Lipinski definition) is 16. The largest absolute Gasteiger partial charge is 0.508 e. The number of nitrogens with one attached hydrogen (secondary N) is 8. The third kappa shape index (κ3) is 23.1. The number of phenols is 3. The maximum atomic E-state index is 14.2. The first kappa shape index (κ1) is 64.4. The lowest BCUT2D eigenvalue weighted by atomic mass is 10.0. The minimum atomic E-state index is -2.01. The van der Waals surface area contributed by atoms with E-state index in [9.17, 15) is 83.4 Å². The first-order valence-electron chi connectivity index (χ1n) is 24.9. The number of benzene rings is 3. The number of rotatable bonds is 32. The van der Waals surface area contributed by atoms with Gasteiger partial charge in [-0.2, -0.15) is 0 Å². The van der Waals surface area contributed by atoms with Crippen molar-refractivity contribution in [3.05, 3.63) is 89.5 Å². The van der Waals surface area contributed by atoms with Crippen LogP contribution in [0.4, 0.5) is 0 Å². The van der Waals surface area contributed by atoms with Crippen LogP contribution in [0, 0.1) is 11.8 Å². The van der Waals surface area contributed by atoms with Crippen LogP contribution in [0.15, 0.2) is 72.8 Å². The Balaban J connectivity index is 1.91. The van der Waals surface area contributed by atoms with Crippen molar-refractivity contribution in [2.24, 2.45) is 17.6 Å². The number of amides is 8. The Morgan fingerprint density at radius 2 is 0.747 bits per heavy atom. The SMILES string of the molecule is CC(C)C[C@H](NC(=O)[C@H](Cc1ccc(O)cc1)NC(=O)[C@H](CO)NC(=O)[C@H](Cc1ccc(O)cc1)NC(=O)[C@H](CC(=O)O)NC(=O)[C@H](Cc1ccc(O)cc1)NC(=O)CNC(=O)[C@H](CC(C)C)NC(=O)[C@@H](N)CC(=O)O)C(=O)O. The van der Waals surface area contributed by atoms with E-state index in [4.69, 9.17) is 10.8 Å². The summed E-state index contributed by atoms with van der Waals surface area (Å²) in [6.45, 7) is 4.98. The van der Waals surface area contributed by atoms with Crippen molar-refractivity contribution in [3.63, 3.8) is 0 Å². The molecule has 3 aromatic carbocycles. The minimum absolute atomic E-state index is 0.0146. The number of aliphatic carboxylic acids is 3. The molecular weight excluding hydrogens is 1040 g/mol. The van der Waals surface area contributed by atoms with E-state index in [1.54, 1.807) is 27.7 Å². The molecule has 27 heteroatoms. The molecule has 3 rings (SSSR count). The van der Waals surface area contributed by atoms with Crippen LogP contribution in [0.2, 0.25) is 0 Å². The third-order valence-electron chi connectivity index (χ3n) is 11.7. The Labute approximate surface area is 453 Å². The van der Waals surface area contributed by atoms with Gasteiger partial charge in [0.15, 0.2) is 0 Å². The van der Waals surface area contributed by atoms with Crippen LogP contribution in [-0.4, -0.2) is 162 Å². The summed E-state index contributed by atoms with van der Waals surface area (Å²) in [6, 6.07) is 3.07. The number of aliphatic hydroxyl groups excluding tert-OH is 1. The molecule has 0 aromatic heterocycles. The summed E-state index contributed by atoms with van der Waals surface area (Å²) in [5, 5.41) is 87.6. The maximum Gasteiger partial charge on any atom is 0.326 e. The molecule has 3 aromatic rings. The molecule has 0 radical (unpaired) electrons. The van der Waals surface area contributed by atoms with Crippen molar-refractivity contribution in [2.75, 3.05) is 13.2 Å². The van der Waals surface area contributed by atoms with E-state index in [1.807, 2.05) is 0 Å². The van der Waals surface area contributed by atoms with Crippen LogP contribution in [0.25, 0.3) is 0 Å². The lowest BCUT2D eigenvalue weighted by Crippen LogP contribution is -2.61. The first-order chi connectivity index (χ1) is 37.1. The van der Waals surface area contributed by atoms with E-state index >= 15 is 0 Å². The Morgan fingerprint density at radius 1 is 0.418 bits per heavy atom. The molecule has 0 fully saturated rings. The fourth-order valence-electron chi connectivity index (χ4n) is 7.66. The van der Waals surface area contributed by atoms with Crippen molar-refractivity contribution < 1.29 is 88.5 Å². The van der Waals surface area contributed by atoms with E-state index in [0.717, 1.165) is 0 Å². The van der Waals surface area contributed by atoms with Crippen LogP contribution in [0.5, 0.6) is 17.2 Å². The van der Waals surface area contributed by atoms with Gasteiger partial charge in [-0.25, -0.2) is 4.79 Å². The summed E-state index contributed by atoms with van der Waals surface area (Å²) in [4.78, 5) is 144. The Bertz CT molecular complexity index is 2620. The Morgan fingerprint density at radius 3 is 1.13 bits per heavy atom. The van der Waals surface area contributed by atoms with Gasteiger partial charge in [0.2, 0.25) is 47.3 Å². The van der Waals surface area contributed by atoms with Gasteiger partial charge in [-0.1, -0.05) is 64.1 Å². The van der Waals surface area contributed by atoms with Crippen molar-refractivity contribution in [1.29, 1.82) is 0 Å². The number of phenolic OH excluding ortho intramolecular Hbond substituents is 3. The van der Waals surface area contributed by atoms with Crippen LogP contribution in [-0.2, 0) is 72.0 Å². The van der Waals surface area contributed by atoms with Gasteiger partial charge in [-0.3, -0.25) is 47.9 Å². The van der Waals surface area contributed by atoms with Gasteiger partial charge in [-0.05, 0) is 77.8 Å². The van der Waals surface area contributed by atoms with Crippen LogP contribution < -0.4 is 48.3 Å². The molecule has 8 amide bonds. The second kappa shape index (κ2) is 31.4. The molecule has 8 atom stereocenters. The molecule has 27 nitrogen and oxygen atoms in total. The average Bonchev–Trinajstić information content (AvgIpc) is 3.37. The number of aromatic hydroxyl groups is 3. The second-order valence-electron chi connectivity index (χ2n) is 19.4. The van der Waals surface area contributed by atoms with Crippen molar-refractivity contribution in [1.82, 2.24) is 42.5 Å². The maximum absolute atomic E-state index is 14.2. The van der Waals surface area contributed by atoms with Crippen molar-refractivity contribution >= 4 is 65.2 Å². The first-order valence-corrected chi connectivity index (χ1v) is 24.9. The molecule has 79 heavy (non-hydrogen) atoms. The van der Waals surface area contributed by atoms with Crippen LogP contribution in [0.3, 0.4) is 0 Å². The number of hydrogen-bond acceptors (Lipinski definition) is 16. The van der Waals surface area contributed by atoms with E-state index in [0.29, 0.717) is 11.1 Å². The van der Waals surface area contributed by atoms with Crippen LogP contribution >= 0.6 is 0 Å². The number of carboxylic acids is 3. The minimum Gasteiger partial charge on any atom is -0.508 e. The molecule has 0 heterocycles. The number of carboxylic acid groups (broad SMARTS) is 3. The summed E-state index contributed by atoms with van der Waals surface area (Å²) >= 11 is 0. The van der Waals surface area contributed by atoms with Gasteiger partial charge in [0.25, 0.3) is 0 Å². The summed E-state index contributed by atoms with van der Waals surface area (Å²) in [6.07, 6.45) is -2.85. The fourth-order valence-corrected chi connectivity index (χ4v) is 7.66. The molecule has 0 unspecified atom stereocenters. The summed E-state index contributed by atoms with van der Waals surface area (Å²) in [5.41, 5.74) is 6.66. The predicted octanol–water partition coefficient (Wildman–Crippen LogP) is -2.21. The van der Waals surface area contributed by atoms with E-state index in [1.165, 1.54) is 72.8 Å². The highest BCUT2D eigenvalue weighted by Crippen LogP contribution is 2.16. The van der Waals surface area contributed by atoms with Gasteiger partial charge < -0.3 is 84.0 Å². The van der Waals surface area contributed by atoms with E-state index in [-0.39, 0.29) is 60.3 Å². The molecule has 0 aliphatic heterocycles. The standard InChI is InChI=1S/C52H69N9O18/c1-26(2)17-35(56-45(71)34(53)22-43(67)68)46(72)54-24-42(66)55-36(19-28-5-11-31(63)12-6-28)47(73)59-39(23-44(69)70)50(76)57-38(21-30-9-15-33(65)16-10-30)49(75)61-41(25-62)51(77)58-37(20-29-7-13-32(64)14-8-29)48(74)60-40(52(78)79)18-27(3)4/h5-16,26-27,34-41,62-65H,17-25,53H2,1-4H3,(H,54,72)(H,55,66)(H,56,71)(H,57,76)(H,58,77)(H,59,73)(H,60,74)(H,61,75)(H,67,68)(H,69,70)(H,78,79)/t34-,35-,36-,37-,38-,39-,40-,41-/m0/s1. The normalized spacial score (nSPS) is 14.1. The topological polar surface area (TPSA) is 452 Å².